The summed E-state index contributed by atoms with van der Waals surface area (Å²) in [7, 11) is 1.57. The van der Waals surface area contributed by atoms with Gasteiger partial charge in [0.15, 0.2) is 0 Å². The van der Waals surface area contributed by atoms with Crippen molar-refractivity contribution in [2.75, 3.05) is 37.0 Å². The lowest BCUT2D eigenvalue weighted by Gasteiger charge is -2.20. The van der Waals surface area contributed by atoms with Gasteiger partial charge in [-0.1, -0.05) is 18.2 Å². The van der Waals surface area contributed by atoms with Crippen molar-refractivity contribution < 1.29 is 14.3 Å². The van der Waals surface area contributed by atoms with Gasteiger partial charge in [0.2, 0.25) is 5.91 Å². The minimum absolute atomic E-state index is 0.0128. The van der Waals surface area contributed by atoms with Gasteiger partial charge in [0.1, 0.15) is 12.3 Å². The average molecular weight is 376 g/mol. The fourth-order valence-corrected chi connectivity index (χ4v) is 3.38. The van der Waals surface area contributed by atoms with Crippen LogP contribution in [0.4, 0.5) is 16.2 Å². The molecule has 3 amide bonds. The number of hydrogen-bond acceptors (Lipinski definition) is 4. The summed E-state index contributed by atoms with van der Waals surface area (Å²) in [5.74, 6) is 0.386. The summed E-state index contributed by atoms with van der Waals surface area (Å²) in [4.78, 5) is 32.8. The molecule has 142 valence electrons. The summed E-state index contributed by atoms with van der Waals surface area (Å²) >= 11 is 0. The van der Waals surface area contributed by atoms with Gasteiger partial charge in [-0.25, -0.2) is 4.79 Å². The molecule has 0 saturated carbocycles. The Morgan fingerprint density at radius 3 is 2.82 bits per heavy atom. The van der Waals surface area contributed by atoms with E-state index in [0.29, 0.717) is 30.2 Å². The van der Waals surface area contributed by atoms with Gasteiger partial charge in [0, 0.05) is 24.7 Å². The smallest absolute Gasteiger partial charge is 0.325 e. The van der Waals surface area contributed by atoms with Gasteiger partial charge < -0.3 is 15.0 Å². The SMILES string of the molecule is COc1ccccc1N1CCN(CC(=O)Nc2cccc3ncccc23)C1=O. The topological polar surface area (TPSA) is 74.8 Å². The minimum atomic E-state index is -0.244. The quantitative estimate of drug-likeness (QED) is 0.742. The molecule has 3 aromatic rings. The first-order valence-electron chi connectivity index (χ1n) is 9.00. The van der Waals surface area contributed by atoms with Crippen LogP contribution in [0, 0.1) is 0 Å². The molecule has 28 heavy (non-hydrogen) atoms. The summed E-state index contributed by atoms with van der Waals surface area (Å²) in [5, 5.41) is 3.76. The van der Waals surface area contributed by atoms with Gasteiger partial charge >= 0.3 is 6.03 Å². The molecule has 0 bridgehead atoms. The highest BCUT2D eigenvalue weighted by Crippen LogP contribution is 2.30. The van der Waals surface area contributed by atoms with Crippen molar-refractivity contribution in [3.05, 3.63) is 60.8 Å². The lowest BCUT2D eigenvalue weighted by atomic mass is 10.2. The van der Waals surface area contributed by atoms with Crippen molar-refractivity contribution in [1.29, 1.82) is 0 Å². The van der Waals surface area contributed by atoms with Crippen LogP contribution < -0.4 is 15.0 Å². The second-order valence-corrected chi connectivity index (χ2v) is 6.45. The molecule has 0 spiro atoms. The van der Waals surface area contributed by atoms with Crippen LogP contribution in [0.3, 0.4) is 0 Å². The zero-order chi connectivity index (χ0) is 19.5. The second-order valence-electron chi connectivity index (χ2n) is 6.45. The molecule has 0 unspecified atom stereocenters. The van der Waals surface area contributed by atoms with Crippen LogP contribution in [0.1, 0.15) is 0 Å². The van der Waals surface area contributed by atoms with Crippen molar-refractivity contribution >= 4 is 34.2 Å². The Labute approximate surface area is 162 Å². The lowest BCUT2D eigenvalue weighted by molar-refractivity contribution is -0.116. The van der Waals surface area contributed by atoms with Crippen LogP contribution in [0.25, 0.3) is 10.9 Å². The highest BCUT2D eigenvalue weighted by Gasteiger charge is 2.32. The molecule has 4 rings (SSSR count). The first-order valence-corrected chi connectivity index (χ1v) is 9.00. The van der Waals surface area contributed by atoms with Gasteiger partial charge in [-0.2, -0.15) is 0 Å². The van der Waals surface area contributed by atoms with Crippen molar-refractivity contribution in [2.24, 2.45) is 0 Å². The largest absolute Gasteiger partial charge is 0.495 e. The molecule has 0 atom stereocenters. The third kappa shape index (κ3) is 3.34. The van der Waals surface area contributed by atoms with E-state index >= 15 is 0 Å². The number of ether oxygens (including phenoxy) is 1. The maximum Gasteiger partial charge on any atom is 0.325 e. The number of urea groups is 1. The highest BCUT2D eigenvalue weighted by atomic mass is 16.5. The number of fused-ring (bicyclic) bond motifs is 1. The predicted molar refractivity (Wildman–Crippen MR) is 108 cm³/mol. The number of methoxy groups -OCH3 is 1. The molecule has 2 aromatic carbocycles. The number of rotatable bonds is 5. The van der Waals surface area contributed by atoms with E-state index < -0.39 is 0 Å². The van der Waals surface area contributed by atoms with Crippen molar-refractivity contribution in [3.8, 4) is 5.75 Å². The summed E-state index contributed by atoms with van der Waals surface area (Å²) in [6.07, 6.45) is 1.71. The Morgan fingerprint density at radius 1 is 1.11 bits per heavy atom. The zero-order valence-corrected chi connectivity index (χ0v) is 15.5. The van der Waals surface area contributed by atoms with Crippen LogP contribution >= 0.6 is 0 Å². The normalized spacial score (nSPS) is 13.8. The molecule has 1 aliphatic rings. The fourth-order valence-electron chi connectivity index (χ4n) is 3.38. The van der Waals surface area contributed by atoms with Crippen LogP contribution in [-0.4, -0.2) is 48.6 Å². The summed E-state index contributed by atoms with van der Waals surface area (Å²) in [6, 6.07) is 16.4. The third-order valence-corrected chi connectivity index (χ3v) is 4.73. The van der Waals surface area contributed by atoms with Gasteiger partial charge in [-0.3, -0.25) is 14.7 Å². The molecule has 0 aliphatic carbocycles. The molecule has 7 heteroatoms. The van der Waals surface area contributed by atoms with Gasteiger partial charge in [-0.05, 0) is 36.4 Å². The van der Waals surface area contributed by atoms with Crippen molar-refractivity contribution in [3.63, 3.8) is 0 Å². The van der Waals surface area contributed by atoms with E-state index in [1.807, 2.05) is 54.6 Å². The zero-order valence-electron chi connectivity index (χ0n) is 15.5. The number of anilines is 2. The minimum Gasteiger partial charge on any atom is -0.495 e. The molecule has 1 aliphatic heterocycles. The van der Waals surface area contributed by atoms with Crippen molar-refractivity contribution in [2.45, 2.75) is 0 Å². The van der Waals surface area contributed by atoms with Crippen LogP contribution in [0.2, 0.25) is 0 Å². The van der Waals surface area contributed by atoms with Gasteiger partial charge in [0.05, 0.1) is 24.0 Å². The Balaban J connectivity index is 1.46. The second kappa shape index (κ2) is 7.56. The van der Waals surface area contributed by atoms with E-state index in [4.69, 9.17) is 4.74 Å². The number of carbonyl (C=O) groups excluding carboxylic acids is 2. The summed E-state index contributed by atoms with van der Waals surface area (Å²) < 4.78 is 5.34. The molecule has 7 nitrogen and oxygen atoms in total. The Morgan fingerprint density at radius 2 is 1.96 bits per heavy atom. The number of carbonyl (C=O) groups is 2. The molecule has 1 saturated heterocycles. The summed E-state index contributed by atoms with van der Waals surface area (Å²) in [6.45, 7) is 0.965. The number of hydrogen-bond donors (Lipinski definition) is 1. The van der Waals surface area contributed by atoms with Gasteiger partial charge in [-0.15, -0.1) is 0 Å². The average Bonchev–Trinajstić information content (AvgIpc) is 3.08. The van der Waals surface area contributed by atoms with E-state index in [9.17, 15) is 9.59 Å². The molecule has 2 heterocycles. The number of benzene rings is 2. The Bertz CT molecular complexity index is 1030. The van der Waals surface area contributed by atoms with Crippen molar-refractivity contribution in [1.82, 2.24) is 9.88 Å². The molecular formula is C21H20N4O3. The molecule has 1 aromatic heterocycles. The van der Waals surface area contributed by atoms with Crippen LogP contribution in [-0.2, 0) is 4.79 Å². The first-order chi connectivity index (χ1) is 13.7. The third-order valence-electron chi connectivity index (χ3n) is 4.73. The van der Waals surface area contributed by atoms with Crippen LogP contribution in [0.15, 0.2) is 60.8 Å². The molecule has 0 radical (unpaired) electrons. The standard InChI is InChI=1S/C21H20N4O3/c1-28-19-10-3-2-9-18(19)25-13-12-24(21(25)27)14-20(26)23-17-8-4-7-16-15(17)6-5-11-22-16/h2-11H,12-14H2,1H3,(H,23,26). The number of pyridine rings is 1. The van der Waals surface area contributed by atoms with Gasteiger partial charge in [0.25, 0.3) is 0 Å². The lowest BCUT2D eigenvalue weighted by Crippen LogP contribution is -2.37. The number of aromatic nitrogens is 1. The number of amides is 3. The van der Waals surface area contributed by atoms with E-state index in [-0.39, 0.29) is 18.5 Å². The van der Waals surface area contributed by atoms with Crippen LogP contribution in [0.5, 0.6) is 5.75 Å². The van der Waals surface area contributed by atoms with E-state index in [1.54, 1.807) is 18.2 Å². The van der Waals surface area contributed by atoms with E-state index in [0.717, 1.165) is 10.9 Å². The molecular weight excluding hydrogens is 356 g/mol. The number of nitrogens with one attached hydrogen (secondary N) is 1. The number of nitrogens with zero attached hydrogens (tertiary/aromatic N) is 3. The number of para-hydroxylation sites is 2. The van der Waals surface area contributed by atoms with E-state index in [1.165, 1.54) is 4.90 Å². The maximum atomic E-state index is 12.8. The monoisotopic (exact) mass is 376 g/mol. The molecule has 1 fully saturated rings. The molecule has 1 N–H and O–H groups in total. The highest BCUT2D eigenvalue weighted by molar-refractivity contribution is 6.04. The maximum absolute atomic E-state index is 12.8. The Hall–Kier alpha value is -3.61. The summed E-state index contributed by atoms with van der Waals surface area (Å²) in [5.41, 5.74) is 2.20. The predicted octanol–water partition coefficient (Wildman–Crippen LogP) is 3.12. The Kier molecular flexibility index (Phi) is 4.80. The fraction of sp³-hybridized carbons (Fsp3) is 0.190. The first kappa shape index (κ1) is 17.8. The van der Waals surface area contributed by atoms with E-state index in [2.05, 4.69) is 10.3 Å².